The third-order valence-corrected chi connectivity index (χ3v) is 5.61. The maximum Gasteiger partial charge on any atom is 0.427 e. The molecular weight excluding hydrogens is 384 g/mol. The number of hydrazone groups is 1. The number of hydrogen-bond acceptors (Lipinski definition) is 6. The van der Waals surface area contributed by atoms with E-state index < -0.39 is 6.09 Å². The number of ether oxygens (including phenoxy) is 1. The van der Waals surface area contributed by atoms with Gasteiger partial charge in [0, 0.05) is 34.7 Å². The highest BCUT2D eigenvalue weighted by molar-refractivity contribution is 6.06. The van der Waals surface area contributed by atoms with Gasteiger partial charge >= 0.3 is 6.09 Å². The molecule has 1 aliphatic heterocycles. The van der Waals surface area contributed by atoms with Gasteiger partial charge in [-0.1, -0.05) is 0 Å². The summed E-state index contributed by atoms with van der Waals surface area (Å²) in [7, 11) is 0. The van der Waals surface area contributed by atoms with E-state index in [9.17, 15) is 9.59 Å². The predicted molar refractivity (Wildman–Crippen MR) is 115 cm³/mol. The molecule has 2 heterocycles. The summed E-state index contributed by atoms with van der Waals surface area (Å²) in [4.78, 5) is 24.7. The van der Waals surface area contributed by atoms with E-state index >= 15 is 0 Å². The Bertz CT molecular complexity index is 838. The summed E-state index contributed by atoms with van der Waals surface area (Å²) in [5, 5.41) is 11.0. The zero-order chi connectivity index (χ0) is 22.1. The fourth-order valence-corrected chi connectivity index (χ4v) is 4.95. The van der Waals surface area contributed by atoms with Crippen LogP contribution in [0.15, 0.2) is 9.52 Å². The Balaban J connectivity index is 1.79. The van der Waals surface area contributed by atoms with Gasteiger partial charge in [0.15, 0.2) is 5.76 Å². The Morgan fingerprint density at radius 1 is 1.20 bits per heavy atom. The van der Waals surface area contributed by atoms with Crippen LogP contribution in [0.2, 0.25) is 0 Å². The van der Waals surface area contributed by atoms with Crippen molar-refractivity contribution in [1.82, 2.24) is 16.1 Å². The molecule has 0 bridgehead atoms. The molecule has 0 aromatic carbocycles. The van der Waals surface area contributed by atoms with Crippen molar-refractivity contribution in [2.24, 2.45) is 5.10 Å². The lowest BCUT2D eigenvalue weighted by Gasteiger charge is -2.46. The molecule has 1 saturated heterocycles. The minimum atomic E-state index is -0.590. The Morgan fingerprint density at radius 2 is 1.87 bits per heavy atom. The SMILES string of the molecule is CCOC(=O)N/N=C1\CCCc2oc(C(=O)NC3CC(C)(C)NC(C)(C)C3)c(C)c21. The van der Waals surface area contributed by atoms with Gasteiger partial charge in [0.1, 0.15) is 5.76 Å². The summed E-state index contributed by atoms with van der Waals surface area (Å²) >= 11 is 0. The molecular formula is C22H34N4O4. The highest BCUT2D eigenvalue weighted by Gasteiger charge is 2.39. The number of carbonyl (C=O) groups excluding carboxylic acids is 2. The Labute approximate surface area is 178 Å². The van der Waals surface area contributed by atoms with Gasteiger partial charge in [0.25, 0.3) is 5.91 Å². The van der Waals surface area contributed by atoms with E-state index in [2.05, 4.69) is 48.9 Å². The second-order valence-corrected chi connectivity index (χ2v) is 9.57. The van der Waals surface area contributed by atoms with Gasteiger partial charge in [-0.3, -0.25) is 4.79 Å². The van der Waals surface area contributed by atoms with Crippen LogP contribution in [-0.2, 0) is 11.2 Å². The largest absolute Gasteiger partial charge is 0.455 e. The first kappa shape index (κ1) is 22.3. The fraction of sp³-hybridized carbons (Fsp3) is 0.682. The average Bonchev–Trinajstić information content (AvgIpc) is 2.95. The first-order valence-corrected chi connectivity index (χ1v) is 10.7. The summed E-state index contributed by atoms with van der Waals surface area (Å²) in [5.41, 5.74) is 4.61. The molecule has 8 nitrogen and oxygen atoms in total. The number of piperidine rings is 1. The number of furan rings is 1. The summed E-state index contributed by atoms with van der Waals surface area (Å²) in [5.74, 6) is 0.886. The summed E-state index contributed by atoms with van der Waals surface area (Å²) in [6.45, 7) is 12.5. The molecule has 0 atom stereocenters. The standard InChI is InChI=1S/C22H34N4O4/c1-7-29-20(28)25-24-15-9-8-10-16-17(15)13(2)18(30-16)19(27)23-14-11-21(3,4)26-22(5,6)12-14/h14,26H,7-12H2,1-6H3,(H,23,27)(H,25,28)/b24-15+. The molecule has 1 aromatic rings. The summed E-state index contributed by atoms with van der Waals surface area (Å²) in [6.07, 6.45) is 3.40. The topological polar surface area (TPSA) is 105 Å². The minimum Gasteiger partial charge on any atom is -0.455 e. The van der Waals surface area contributed by atoms with Crippen molar-refractivity contribution >= 4 is 17.7 Å². The third-order valence-electron chi connectivity index (χ3n) is 5.61. The lowest BCUT2D eigenvalue weighted by molar-refractivity contribution is 0.0843. The second-order valence-electron chi connectivity index (χ2n) is 9.57. The van der Waals surface area contributed by atoms with Gasteiger partial charge in [-0.15, -0.1) is 0 Å². The van der Waals surface area contributed by atoms with Gasteiger partial charge in [0.2, 0.25) is 0 Å². The number of aryl methyl sites for hydroxylation is 1. The van der Waals surface area contributed by atoms with Crippen molar-refractivity contribution in [2.75, 3.05) is 6.61 Å². The van der Waals surface area contributed by atoms with Crippen LogP contribution >= 0.6 is 0 Å². The van der Waals surface area contributed by atoms with Gasteiger partial charge in [-0.05, 0) is 67.2 Å². The van der Waals surface area contributed by atoms with Crippen LogP contribution in [0.25, 0.3) is 0 Å². The van der Waals surface area contributed by atoms with E-state index in [1.807, 2.05) is 6.92 Å². The molecule has 1 fully saturated rings. The number of nitrogens with one attached hydrogen (secondary N) is 3. The number of rotatable bonds is 4. The van der Waals surface area contributed by atoms with Crippen LogP contribution in [-0.4, -0.2) is 41.4 Å². The summed E-state index contributed by atoms with van der Waals surface area (Å²) < 4.78 is 10.8. The van der Waals surface area contributed by atoms with Crippen molar-refractivity contribution in [3.05, 3.63) is 22.6 Å². The van der Waals surface area contributed by atoms with E-state index in [1.54, 1.807) is 6.92 Å². The Kier molecular flexibility index (Phi) is 6.26. The molecule has 1 aromatic heterocycles. The molecule has 8 heteroatoms. The fourth-order valence-electron chi connectivity index (χ4n) is 4.95. The van der Waals surface area contributed by atoms with Crippen molar-refractivity contribution in [2.45, 2.75) is 90.8 Å². The normalized spacial score (nSPS) is 21.7. The molecule has 0 spiro atoms. The minimum absolute atomic E-state index is 0.0592. The first-order chi connectivity index (χ1) is 14.0. The van der Waals surface area contributed by atoms with Gasteiger partial charge in [-0.2, -0.15) is 5.10 Å². The van der Waals surface area contributed by atoms with E-state index in [0.29, 0.717) is 17.9 Å². The van der Waals surface area contributed by atoms with E-state index in [4.69, 9.17) is 9.15 Å². The van der Waals surface area contributed by atoms with E-state index in [-0.39, 0.29) is 29.6 Å². The van der Waals surface area contributed by atoms with Crippen LogP contribution in [0.5, 0.6) is 0 Å². The Morgan fingerprint density at radius 3 is 2.50 bits per heavy atom. The lowest BCUT2D eigenvalue weighted by Crippen LogP contribution is -2.62. The van der Waals surface area contributed by atoms with Crippen molar-refractivity contribution < 1.29 is 18.7 Å². The van der Waals surface area contributed by atoms with Crippen LogP contribution in [0.4, 0.5) is 4.79 Å². The highest BCUT2D eigenvalue weighted by atomic mass is 16.5. The Hall–Kier alpha value is -2.35. The van der Waals surface area contributed by atoms with Crippen LogP contribution in [0, 0.1) is 6.92 Å². The lowest BCUT2D eigenvalue weighted by atomic mass is 9.79. The van der Waals surface area contributed by atoms with Gasteiger partial charge < -0.3 is 19.8 Å². The maximum absolute atomic E-state index is 13.1. The molecule has 0 saturated carbocycles. The number of amides is 2. The number of nitrogens with zero attached hydrogens (tertiary/aromatic N) is 1. The van der Waals surface area contributed by atoms with Crippen LogP contribution in [0.1, 0.15) is 87.7 Å². The second kappa shape index (κ2) is 8.41. The molecule has 1 aliphatic carbocycles. The molecule has 3 N–H and O–H groups in total. The third kappa shape index (κ3) is 5.03. The monoisotopic (exact) mass is 418 g/mol. The molecule has 166 valence electrons. The number of fused-ring (bicyclic) bond motifs is 1. The van der Waals surface area contributed by atoms with Crippen molar-refractivity contribution in [1.29, 1.82) is 0 Å². The van der Waals surface area contributed by atoms with E-state index in [1.165, 1.54) is 0 Å². The van der Waals surface area contributed by atoms with E-state index in [0.717, 1.165) is 42.6 Å². The zero-order valence-corrected chi connectivity index (χ0v) is 18.9. The van der Waals surface area contributed by atoms with Crippen molar-refractivity contribution in [3.63, 3.8) is 0 Å². The molecule has 2 amide bonds. The molecule has 0 radical (unpaired) electrons. The number of carbonyl (C=O) groups is 2. The molecule has 30 heavy (non-hydrogen) atoms. The smallest absolute Gasteiger partial charge is 0.427 e. The van der Waals surface area contributed by atoms with Gasteiger partial charge in [0.05, 0.1) is 12.3 Å². The predicted octanol–water partition coefficient (Wildman–Crippen LogP) is 3.41. The number of hydrogen-bond donors (Lipinski definition) is 3. The zero-order valence-electron chi connectivity index (χ0n) is 18.9. The van der Waals surface area contributed by atoms with Crippen LogP contribution in [0.3, 0.4) is 0 Å². The van der Waals surface area contributed by atoms with Gasteiger partial charge in [-0.25, -0.2) is 10.2 Å². The summed E-state index contributed by atoms with van der Waals surface area (Å²) in [6, 6.07) is 0.0592. The highest BCUT2D eigenvalue weighted by Crippen LogP contribution is 2.31. The molecule has 0 unspecified atom stereocenters. The van der Waals surface area contributed by atoms with Crippen LogP contribution < -0.4 is 16.1 Å². The average molecular weight is 419 g/mol. The molecule has 2 aliphatic rings. The maximum atomic E-state index is 13.1. The quantitative estimate of drug-likeness (QED) is 0.650. The molecule has 3 rings (SSSR count). The van der Waals surface area contributed by atoms with Crippen molar-refractivity contribution in [3.8, 4) is 0 Å². The first-order valence-electron chi connectivity index (χ1n) is 10.7.